The summed E-state index contributed by atoms with van der Waals surface area (Å²) in [6, 6.07) is 79.3. The molecule has 9 aromatic carbocycles. The molecule has 4 heterocycles. The fourth-order valence-electron chi connectivity index (χ4n) is 9.49. The first-order valence-electron chi connectivity index (χ1n) is 22.6. The Morgan fingerprint density at radius 3 is 1.10 bits per heavy atom. The first-order chi connectivity index (χ1) is 33.7. The van der Waals surface area contributed by atoms with E-state index in [1.807, 2.05) is 97.1 Å². The van der Waals surface area contributed by atoms with Gasteiger partial charge in [-0.3, -0.25) is 4.57 Å². The minimum atomic E-state index is 0.546. The molecule has 0 spiro atoms. The third-order valence-corrected chi connectivity index (χ3v) is 12.6. The molecule has 13 aromatic rings. The maximum Gasteiger partial charge on any atom is 0.238 e. The molecule has 8 heteroatoms. The Balaban J connectivity index is 1.00. The third kappa shape index (κ3) is 6.70. The third-order valence-electron chi connectivity index (χ3n) is 12.6. The predicted molar refractivity (Wildman–Crippen MR) is 275 cm³/mol. The molecule has 68 heavy (non-hydrogen) atoms. The highest BCUT2D eigenvalue weighted by Crippen LogP contribution is 2.42. The molecule has 318 valence electrons. The van der Waals surface area contributed by atoms with Gasteiger partial charge in [0.1, 0.15) is 0 Å². The number of aromatic nitrogens is 8. The van der Waals surface area contributed by atoms with E-state index in [2.05, 4.69) is 143 Å². The van der Waals surface area contributed by atoms with Crippen molar-refractivity contribution in [2.24, 2.45) is 0 Å². The average Bonchev–Trinajstić information content (AvgIpc) is 3.95. The Hall–Kier alpha value is -9.40. The second-order valence-electron chi connectivity index (χ2n) is 16.7. The summed E-state index contributed by atoms with van der Waals surface area (Å²) in [6.07, 6.45) is 0. The molecule has 0 unspecified atom stereocenters. The van der Waals surface area contributed by atoms with Crippen LogP contribution in [-0.2, 0) is 0 Å². The maximum atomic E-state index is 5.28. The number of hydrogen-bond donors (Lipinski definition) is 0. The van der Waals surface area contributed by atoms with Crippen molar-refractivity contribution in [2.75, 3.05) is 0 Å². The minimum absolute atomic E-state index is 0.546. The lowest BCUT2D eigenvalue weighted by molar-refractivity contribution is 0.953. The van der Waals surface area contributed by atoms with Gasteiger partial charge in [0.05, 0.1) is 22.1 Å². The van der Waals surface area contributed by atoms with Gasteiger partial charge in [-0.15, -0.1) is 0 Å². The number of nitrogens with zero attached hydrogens (tertiary/aromatic N) is 8. The van der Waals surface area contributed by atoms with E-state index in [1.165, 1.54) is 0 Å². The number of rotatable bonds is 8. The van der Waals surface area contributed by atoms with Crippen molar-refractivity contribution in [1.82, 2.24) is 39.0 Å². The lowest BCUT2D eigenvalue weighted by Crippen LogP contribution is -2.06. The van der Waals surface area contributed by atoms with Crippen LogP contribution in [-0.4, -0.2) is 39.0 Å². The molecule has 0 fully saturated rings. The molecule has 0 bridgehead atoms. The van der Waals surface area contributed by atoms with Gasteiger partial charge in [-0.1, -0.05) is 194 Å². The lowest BCUT2D eigenvalue weighted by Gasteiger charge is -2.12. The van der Waals surface area contributed by atoms with E-state index in [0.29, 0.717) is 35.1 Å². The summed E-state index contributed by atoms with van der Waals surface area (Å²) in [5.41, 5.74) is 12.0. The summed E-state index contributed by atoms with van der Waals surface area (Å²) in [5.74, 6) is 3.60. The summed E-state index contributed by atoms with van der Waals surface area (Å²) < 4.78 is 4.55. The van der Waals surface area contributed by atoms with E-state index >= 15 is 0 Å². The molecule has 0 aliphatic rings. The van der Waals surface area contributed by atoms with Gasteiger partial charge in [0.2, 0.25) is 5.95 Å². The van der Waals surface area contributed by atoms with E-state index < -0.39 is 0 Å². The second-order valence-corrected chi connectivity index (χ2v) is 16.7. The number of fused-ring (bicyclic) bond motifs is 7. The highest BCUT2D eigenvalue weighted by atomic mass is 15.2. The van der Waals surface area contributed by atoms with Crippen molar-refractivity contribution in [3.05, 3.63) is 231 Å². The zero-order valence-corrected chi connectivity index (χ0v) is 36.5. The van der Waals surface area contributed by atoms with Gasteiger partial charge in [0.15, 0.2) is 29.1 Å². The van der Waals surface area contributed by atoms with Crippen molar-refractivity contribution >= 4 is 43.6 Å². The Bertz CT molecular complexity index is 3940. The summed E-state index contributed by atoms with van der Waals surface area (Å²) in [7, 11) is 0. The molecule has 0 N–H and O–H groups in total. The largest absolute Gasteiger partial charge is 0.309 e. The van der Waals surface area contributed by atoms with Gasteiger partial charge in [-0.2, -0.15) is 9.97 Å². The van der Waals surface area contributed by atoms with E-state index in [4.69, 9.17) is 29.9 Å². The monoisotopic (exact) mass is 870 g/mol. The molecule has 0 radical (unpaired) electrons. The first-order valence-corrected chi connectivity index (χ1v) is 22.6. The van der Waals surface area contributed by atoms with Crippen molar-refractivity contribution in [2.45, 2.75) is 0 Å². The zero-order valence-electron chi connectivity index (χ0n) is 36.5. The van der Waals surface area contributed by atoms with Crippen molar-refractivity contribution in [1.29, 1.82) is 0 Å². The summed E-state index contributed by atoms with van der Waals surface area (Å²) >= 11 is 0. The average molecular weight is 871 g/mol. The summed E-state index contributed by atoms with van der Waals surface area (Å²) in [4.78, 5) is 30.7. The van der Waals surface area contributed by atoms with E-state index in [0.717, 1.165) is 88.2 Å². The van der Waals surface area contributed by atoms with Crippen LogP contribution in [0.1, 0.15) is 0 Å². The molecular formula is C60H38N8. The van der Waals surface area contributed by atoms with Gasteiger partial charge in [0.25, 0.3) is 0 Å². The van der Waals surface area contributed by atoms with Gasteiger partial charge >= 0.3 is 0 Å². The van der Waals surface area contributed by atoms with E-state index in [9.17, 15) is 0 Å². The van der Waals surface area contributed by atoms with Crippen molar-refractivity contribution < 1.29 is 0 Å². The minimum Gasteiger partial charge on any atom is -0.309 e. The van der Waals surface area contributed by atoms with Gasteiger partial charge in [-0.05, 0) is 47.5 Å². The molecule has 0 amide bonds. The molecule has 0 saturated carbocycles. The molecule has 13 rings (SSSR count). The van der Waals surface area contributed by atoms with Gasteiger partial charge in [-0.25, -0.2) is 19.9 Å². The van der Waals surface area contributed by atoms with Crippen LogP contribution in [0.4, 0.5) is 0 Å². The van der Waals surface area contributed by atoms with Crippen LogP contribution in [0.25, 0.3) is 123 Å². The highest BCUT2D eigenvalue weighted by molar-refractivity contribution is 6.28. The van der Waals surface area contributed by atoms with Crippen LogP contribution in [0, 0.1) is 0 Å². The Labute approximate surface area is 391 Å². The van der Waals surface area contributed by atoms with Crippen LogP contribution in [0.2, 0.25) is 0 Å². The van der Waals surface area contributed by atoms with Crippen LogP contribution < -0.4 is 0 Å². The standard InChI is InChI=1S/C60H38N8/c1-5-18-39(19-6-1)40-32-34-44(35-33-40)58-64-57(43-24-11-4-12-25-43)65-60(66-58)68-50-31-16-14-29-48(50)54-52(68)37-36-51-53(54)47-28-13-15-30-49(47)67(51)46-27-17-26-45(38-46)59-62-55(41-20-7-2-8-21-41)61-56(63-59)42-22-9-3-10-23-42/h1-38H. The smallest absolute Gasteiger partial charge is 0.238 e. The zero-order chi connectivity index (χ0) is 45.0. The predicted octanol–water partition coefficient (Wildman–Crippen LogP) is 14.3. The van der Waals surface area contributed by atoms with Crippen LogP contribution in [0.15, 0.2) is 231 Å². The van der Waals surface area contributed by atoms with Crippen molar-refractivity contribution in [3.8, 4) is 79.7 Å². The SMILES string of the molecule is c1ccc(-c2ccc(-c3nc(-c4ccccc4)nc(-n4c5ccccc5c5c6c7ccccc7n(-c7cccc(-c8nc(-c9ccccc9)nc(-c9ccccc9)n8)c7)c6ccc54)n3)cc2)cc1. The van der Waals surface area contributed by atoms with E-state index in [-0.39, 0.29) is 0 Å². The number of benzene rings is 9. The second kappa shape index (κ2) is 16.2. The summed E-state index contributed by atoms with van der Waals surface area (Å²) in [5, 5.41) is 4.51. The number of para-hydroxylation sites is 2. The van der Waals surface area contributed by atoms with Gasteiger partial charge < -0.3 is 4.57 Å². The van der Waals surface area contributed by atoms with Crippen LogP contribution in [0.5, 0.6) is 0 Å². The van der Waals surface area contributed by atoms with Crippen LogP contribution >= 0.6 is 0 Å². The lowest BCUT2D eigenvalue weighted by atomic mass is 10.0. The Kier molecular flexibility index (Phi) is 9.31. The molecule has 0 atom stereocenters. The molecule has 8 nitrogen and oxygen atoms in total. The number of hydrogen-bond acceptors (Lipinski definition) is 6. The van der Waals surface area contributed by atoms with Crippen LogP contribution in [0.3, 0.4) is 0 Å². The quantitative estimate of drug-likeness (QED) is 0.151. The molecule has 0 aliphatic heterocycles. The topological polar surface area (TPSA) is 87.2 Å². The molecular weight excluding hydrogens is 833 g/mol. The van der Waals surface area contributed by atoms with Crippen molar-refractivity contribution in [3.63, 3.8) is 0 Å². The Morgan fingerprint density at radius 2 is 0.588 bits per heavy atom. The Morgan fingerprint density at radius 1 is 0.235 bits per heavy atom. The molecule has 0 aliphatic carbocycles. The highest BCUT2D eigenvalue weighted by Gasteiger charge is 2.23. The fraction of sp³-hybridized carbons (Fsp3) is 0. The van der Waals surface area contributed by atoms with E-state index in [1.54, 1.807) is 0 Å². The first kappa shape index (κ1) is 39.0. The fourth-order valence-corrected chi connectivity index (χ4v) is 9.49. The molecule has 4 aromatic heterocycles. The summed E-state index contributed by atoms with van der Waals surface area (Å²) in [6.45, 7) is 0. The molecule has 0 saturated heterocycles. The normalized spacial score (nSPS) is 11.5. The maximum absolute atomic E-state index is 5.28. The van der Waals surface area contributed by atoms with Gasteiger partial charge in [0, 0.05) is 55.0 Å².